The van der Waals surface area contributed by atoms with Gasteiger partial charge in [-0.2, -0.15) is 0 Å². The zero-order valence-electron chi connectivity index (χ0n) is 11.3. The molecule has 0 aromatic carbocycles. The first kappa shape index (κ1) is 16.3. The van der Waals surface area contributed by atoms with Crippen molar-refractivity contribution in [2.75, 3.05) is 44.9 Å². The van der Waals surface area contributed by atoms with Crippen LogP contribution >= 0.6 is 11.8 Å². The molecule has 1 rings (SSSR count). The predicted octanol–water partition coefficient (Wildman–Crippen LogP) is -0.236. The Morgan fingerprint density at radius 2 is 2.11 bits per heavy atom. The zero-order valence-corrected chi connectivity index (χ0v) is 12.1. The molecule has 3 N–H and O–H groups in total. The van der Waals surface area contributed by atoms with Crippen molar-refractivity contribution in [3.8, 4) is 0 Å². The van der Waals surface area contributed by atoms with Crippen LogP contribution in [0.15, 0.2) is 0 Å². The minimum Gasteiger partial charge on any atom is -0.468 e. The lowest BCUT2D eigenvalue weighted by Crippen LogP contribution is -2.49. The summed E-state index contributed by atoms with van der Waals surface area (Å²) in [5, 5.41) is 2.89. The van der Waals surface area contributed by atoms with Gasteiger partial charge in [0.1, 0.15) is 0 Å². The van der Waals surface area contributed by atoms with Gasteiger partial charge in [0, 0.05) is 32.1 Å². The molecule has 0 spiro atoms. The number of thioether (sulfide) groups is 1. The molecule has 1 aliphatic heterocycles. The highest BCUT2D eigenvalue weighted by Gasteiger charge is 2.38. The standard InChI is InChI=1S/C12H22N2O4S/c1-17-10(15)8-19-7-4-14-11(16)12(9-13)2-5-18-6-3-12/h2-9,13H2,1H3,(H,14,16). The van der Waals surface area contributed by atoms with Crippen LogP contribution in [0.4, 0.5) is 0 Å². The van der Waals surface area contributed by atoms with E-state index in [4.69, 9.17) is 10.5 Å². The highest BCUT2D eigenvalue weighted by atomic mass is 32.2. The number of amides is 1. The van der Waals surface area contributed by atoms with Gasteiger partial charge in [0.05, 0.1) is 18.3 Å². The molecule has 0 unspecified atom stereocenters. The minimum atomic E-state index is -0.481. The zero-order chi connectivity index (χ0) is 14.1. The van der Waals surface area contributed by atoms with Gasteiger partial charge in [0.15, 0.2) is 0 Å². The van der Waals surface area contributed by atoms with E-state index in [1.807, 2.05) is 0 Å². The second-order valence-corrected chi connectivity index (χ2v) is 5.59. The normalized spacial score (nSPS) is 17.8. The molecule has 0 aromatic rings. The topological polar surface area (TPSA) is 90.7 Å². The SMILES string of the molecule is COC(=O)CSCCNC(=O)C1(CN)CCOCC1. The molecule has 19 heavy (non-hydrogen) atoms. The third kappa shape index (κ3) is 5.00. The summed E-state index contributed by atoms with van der Waals surface area (Å²) < 4.78 is 9.80. The highest BCUT2D eigenvalue weighted by Crippen LogP contribution is 2.29. The number of esters is 1. The summed E-state index contributed by atoms with van der Waals surface area (Å²) in [5.74, 6) is 0.733. The van der Waals surface area contributed by atoms with Crippen molar-refractivity contribution in [1.29, 1.82) is 0 Å². The van der Waals surface area contributed by atoms with Gasteiger partial charge < -0.3 is 20.5 Å². The maximum absolute atomic E-state index is 12.2. The maximum atomic E-state index is 12.2. The number of ether oxygens (including phenoxy) is 2. The molecule has 1 fully saturated rings. The Bertz CT molecular complexity index is 306. The number of methoxy groups -OCH3 is 1. The largest absolute Gasteiger partial charge is 0.468 e. The van der Waals surface area contributed by atoms with Gasteiger partial charge in [0.25, 0.3) is 0 Å². The lowest BCUT2D eigenvalue weighted by molar-refractivity contribution is -0.137. The Kier molecular flexibility index (Phi) is 7.19. The summed E-state index contributed by atoms with van der Waals surface area (Å²) in [5.41, 5.74) is 5.26. The Hall–Kier alpha value is -0.790. The quantitative estimate of drug-likeness (QED) is 0.497. The number of nitrogens with one attached hydrogen (secondary N) is 1. The predicted molar refractivity (Wildman–Crippen MR) is 73.9 cm³/mol. The second-order valence-electron chi connectivity index (χ2n) is 4.48. The van der Waals surface area contributed by atoms with Crippen molar-refractivity contribution in [2.24, 2.45) is 11.1 Å². The molecular formula is C12H22N2O4S. The molecule has 110 valence electrons. The number of carbonyl (C=O) groups is 2. The molecule has 0 aliphatic carbocycles. The van der Waals surface area contributed by atoms with Crippen molar-refractivity contribution in [3.05, 3.63) is 0 Å². The van der Waals surface area contributed by atoms with E-state index in [-0.39, 0.29) is 11.9 Å². The highest BCUT2D eigenvalue weighted by molar-refractivity contribution is 7.99. The summed E-state index contributed by atoms with van der Waals surface area (Å²) in [7, 11) is 1.36. The van der Waals surface area contributed by atoms with E-state index >= 15 is 0 Å². The lowest BCUT2D eigenvalue weighted by Gasteiger charge is -2.34. The molecule has 0 saturated carbocycles. The van der Waals surface area contributed by atoms with Crippen LogP contribution in [0.1, 0.15) is 12.8 Å². The van der Waals surface area contributed by atoms with Gasteiger partial charge in [-0.15, -0.1) is 11.8 Å². The van der Waals surface area contributed by atoms with Crippen molar-refractivity contribution < 1.29 is 19.1 Å². The van der Waals surface area contributed by atoms with Crippen molar-refractivity contribution in [3.63, 3.8) is 0 Å². The monoisotopic (exact) mass is 290 g/mol. The summed E-state index contributed by atoms with van der Waals surface area (Å²) in [6, 6.07) is 0. The van der Waals surface area contributed by atoms with E-state index < -0.39 is 5.41 Å². The van der Waals surface area contributed by atoms with Crippen LogP contribution in [0.5, 0.6) is 0 Å². The van der Waals surface area contributed by atoms with E-state index in [1.54, 1.807) is 0 Å². The average Bonchev–Trinajstić information content (AvgIpc) is 2.47. The van der Waals surface area contributed by atoms with Crippen LogP contribution in [-0.4, -0.2) is 56.8 Å². The molecule has 1 aliphatic rings. The minimum absolute atomic E-state index is 0.00281. The number of carbonyl (C=O) groups excluding carboxylic acids is 2. The summed E-state index contributed by atoms with van der Waals surface area (Å²) in [6.45, 7) is 2.05. The van der Waals surface area contributed by atoms with E-state index in [2.05, 4.69) is 10.1 Å². The summed E-state index contributed by atoms with van der Waals surface area (Å²) >= 11 is 1.44. The van der Waals surface area contributed by atoms with Gasteiger partial charge in [-0.25, -0.2) is 0 Å². The van der Waals surface area contributed by atoms with Gasteiger partial charge in [0.2, 0.25) is 5.91 Å². The fourth-order valence-electron chi connectivity index (χ4n) is 1.92. The fourth-order valence-corrected chi connectivity index (χ4v) is 2.60. The van der Waals surface area contributed by atoms with Crippen molar-refractivity contribution in [2.45, 2.75) is 12.8 Å². The number of hydrogen-bond acceptors (Lipinski definition) is 6. The average molecular weight is 290 g/mol. The first-order valence-corrected chi connectivity index (χ1v) is 7.51. The molecule has 7 heteroatoms. The van der Waals surface area contributed by atoms with Crippen molar-refractivity contribution in [1.82, 2.24) is 5.32 Å². The first-order valence-electron chi connectivity index (χ1n) is 6.35. The van der Waals surface area contributed by atoms with Gasteiger partial charge in [-0.3, -0.25) is 9.59 Å². The molecule has 0 atom stereocenters. The molecule has 1 amide bonds. The van der Waals surface area contributed by atoms with Crippen LogP contribution in [0, 0.1) is 5.41 Å². The van der Waals surface area contributed by atoms with Gasteiger partial charge in [-0.1, -0.05) is 0 Å². The molecule has 0 aromatic heterocycles. The number of hydrogen-bond donors (Lipinski definition) is 2. The van der Waals surface area contributed by atoms with Crippen LogP contribution in [0.25, 0.3) is 0 Å². The Labute approximate surface area is 117 Å². The lowest BCUT2D eigenvalue weighted by atomic mass is 9.79. The number of rotatable bonds is 7. The smallest absolute Gasteiger partial charge is 0.315 e. The van der Waals surface area contributed by atoms with Crippen LogP contribution < -0.4 is 11.1 Å². The van der Waals surface area contributed by atoms with Crippen LogP contribution in [0.3, 0.4) is 0 Å². The Balaban J connectivity index is 2.24. The van der Waals surface area contributed by atoms with Crippen molar-refractivity contribution >= 4 is 23.6 Å². The molecular weight excluding hydrogens is 268 g/mol. The second kappa shape index (κ2) is 8.39. The fraction of sp³-hybridized carbons (Fsp3) is 0.833. The molecule has 1 heterocycles. The number of nitrogens with two attached hydrogens (primary N) is 1. The Morgan fingerprint density at radius 1 is 1.42 bits per heavy atom. The summed E-state index contributed by atoms with van der Waals surface area (Å²) in [6.07, 6.45) is 1.34. The van der Waals surface area contributed by atoms with E-state index in [1.165, 1.54) is 18.9 Å². The van der Waals surface area contributed by atoms with E-state index in [0.717, 1.165) is 0 Å². The third-order valence-electron chi connectivity index (χ3n) is 3.30. The first-order chi connectivity index (χ1) is 9.14. The third-order valence-corrected chi connectivity index (χ3v) is 4.23. The van der Waals surface area contributed by atoms with E-state index in [0.29, 0.717) is 50.7 Å². The molecule has 0 bridgehead atoms. The summed E-state index contributed by atoms with van der Waals surface area (Å²) in [4.78, 5) is 23.0. The maximum Gasteiger partial charge on any atom is 0.315 e. The van der Waals surface area contributed by atoms with Crippen LogP contribution in [0.2, 0.25) is 0 Å². The van der Waals surface area contributed by atoms with E-state index in [9.17, 15) is 9.59 Å². The molecule has 0 radical (unpaired) electrons. The molecule has 6 nitrogen and oxygen atoms in total. The van der Waals surface area contributed by atoms with Gasteiger partial charge >= 0.3 is 5.97 Å². The Morgan fingerprint density at radius 3 is 2.68 bits per heavy atom. The van der Waals surface area contributed by atoms with Crippen LogP contribution in [-0.2, 0) is 19.1 Å². The van der Waals surface area contributed by atoms with Gasteiger partial charge in [-0.05, 0) is 12.8 Å². The molecule has 1 saturated heterocycles.